The molecule has 0 saturated heterocycles. The van der Waals surface area contributed by atoms with Crippen LogP contribution in [-0.4, -0.2) is 10.9 Å². The van der Waals surface area contributed by atoms with E-state index in [1.807, 2.05) is 0 Å². The van der Waals surface area contributed by atoms with Gasteiger partial charge in [-0.25, -0.2) is 9.37 Å². The third-order valence-electron chi connectivity index (χ3n) is 2.06. The molecule has 1 aromatic carbocycles. The first-order chi connectivity index (χ1) is 8.47. The van der Waals surface area contributed by atoms with Crippen LogP contribution in [0.25, 0.3) is 0 Å². The zero-order valence-electron chi connectivity index (χ0n) is 9.24. The molecule has 94 valence electrons. The highest BCUT2D eigenvalue weighted by atomic mass is 79.9. The summed E-state index contributed by atoms with van der Waals surface area (Å²) in [4.78, 5) is 14.9. The van der Waals surface area contributed by atoms with Crippen molar-refractivity contribution in [2.75, 3.05) is 0 Å². The highest BCUT2D eigenvalue weighted by Crippen LogP contribution is 2.33. The van der Waals surface area contributed by atoms with Crippen LogP contribution in [0.1, 0.15) is 15.5 Å². The summed E-state index contributed by atoms with van der Waals surface area (Å²) in [6.45, 7) is 1.66. The van der Waals surface area contributed by atoms with Crippen molar-refractivity contribution >= 4 is 33.2 Å². The van der Waals surface area contributed by atoms with Gasteiger partial charge in [-0.2, -0.15) is 0 Å². The average Bonchev–Trinajstić information content (AvgIpc) is 2.64. The van der Waals surface area contributed by atoms with Gasteiger partial charge >= 0.3 is 0 Å². The summed E-state index contributed by atoms with van der Waals surface area (Å²) in [5, 5.41) is 0.491. The third kappa shape index (κ3) is 2.68. The van der Waals surface area contributed by atoms with Crippen LogP contribution in [0.15, 0.2) is 22.7 Å². The molecular formula is C11H8BrFN2O2S. The second-order valence-electron chi connectivity index (χ2n) is 3.43. The number of benzene rings is 1. The molecule has 2 N–H and O–H groups in total. The van der Waals surface area contributed by atoms with E-state index in [0.717, 1.165) is 11.3 Å². The largest absolute Gasteiger partial charge is 0.442 e. The molecule has 18 heavy (non-hydrogen) atoms. The molecule has 0 spiro atoms. The molecule has 0 bridgehead atoms. The molecule has 0 aliphatic heterocycles. The van der Waals surface area contributed by atoms with Crippen LogP contribution < -0.4 is 10.5 Å². The van der Waals surface area contributed by atoms with E-state index in [9.17, 15) is 9.18 Å². The molecule has 0 unspecified atom stereocenters. The smallest absolute Gasteiger partial charge is 0.277 e. The van der Waals surface area contributed by atoms with Gasteiger partial charge in [0.25, 0.3) is 5.91 Å². The fourth-order valence-corrected chi connectivity index (χ4v) is 2.36. The van der Waals surface area contributed by atoms with Crippen molar-refractivity contribution in [2.24, 2.45) is 5.73 Å². The van der Waals surface area contributed by atoms with E-state index in [0.29, 0.717) is 15.2 Å². The molecular weight excluding hydrogens is 323 g/mol. The Balaban J connectivity index is 2.31. The van der Waals surface area contributed by atoms with Crippen LogP contribution in [0.4, 0.5) is 4.39 Å². The minimum Gasteiger partial charge on any atom is -0.442 e. The Bertz CT molecular complexity index is 615. The van der Waals surface area contributed by atoms with Crippen LogP contribution >= 0.6 is 27.3 Å². The number of carbonyl (C=O) groups is 1. The van der Waals surface area contributed by atoms with Gasteiger partial charge in [-0.05, 0) is 25.1 Å². The number of carbonyl (C=O) groups excluding carboxylic acids is 1. The predicted molar refractivity (Wildman–Crippen MR) is 69.5 cm³/mol. The van der Waals surface area contributed by atoms with Crippen LogP contribution in [0.3, 0.4) is 0 Å². The lowest BCUT2D eigenvalue weighted by atomic mass is 10.3. The lowest BCUT2D eigenvalue weighted by molar-refractivity contribution is 0.1000. The number of nitrogens with two attached hydrogens (primary N) is 1. The number of nitrogens with zero attached hydrogens (tertiary/aromatic N) is 1. The van der Waals surface area contributed by atoms with E-state index in [4.69, 9.17) is 10.5 Å². The monoisotopic (exact) mass is 330 g/mol. The van der Waals surface area contributed by atoms with Crippen molar-refractivity contribution in [2.45, 2.75) is 6.92 Å². The summed E-state index contributed by atoms with van der Waals surface area (Å²) in [6, 6.07) is 4.44. The topological polar surface area (TPSA) is 65.2 Å². The highest BCUT2D eigenvalue weighted by Gasteiger charge is 2.15. The molecule has 0 saturated carbocycles. The van der Waals surface area contributed by atoms with Crippen LogP contribution in [0, 0.1) is 12.7 Å². The molecule has 0 aliphatic carbocycles. The maximum absolute atomic E-state index is 13.6. The number of halogens is 2. The highest BCUT2D eigenvalue weighted by molar-refractivity contribution is 9.10. The number of primary amides is 1. The van der Waals surface area contributed by atoms with Crippen LogP contribution in [0.5, 0.6) is 10.8 Å². The van der Waals surface area contributed by atoms with Gasteiger partial charge in [0.1, 0.15) is 0 Å². The van der Waals surface area contributed by atoms with Crippen molar-refractivity contribution in [1.29, 1.82) is 0 Å². The number of ether oxygens (including phenoxy) is 1. The molecule has 2 rings (SSSR count). The number of amides is 1. The second kappa shape index (κ2) is 5.03. The van der Waals surface area contributed by atoms with E-state index < -0.39 is 11.7 Å². The molecule has 1 heterocycles. The second-order valence-corrected chi connectivity index (χ2v) is 5.31. The zero-order chi connectivity index (χ0) is 13.3. The third-order valence-corrected chi connectivity index (χ3v) is 3.60. The van der Waals surface area contributed by atoms with Crippen molar-refractivity contribution in [3.05, 3.63) is 39.2 Å². The Kier molecular flexibility index (Phi) is 3.63. The molecule has 0 radical (unpaired) electrons. The Morgan fingerprint density at radius 1 is 1.56 bits per heavy atom. The number of aryl methyl sites for hydroxylation is 1. The van der Waals surface area contributed by atoms with Gasteiger partial charge in [0.05, 0.1) is 5.69 Å². The number of hydrogen-bond donors (Lipinski definition) is 1. The van der Waals surface area contributed by atoms with Crippen molar-refractivity contribution in [1.82, 2.24) is 4.98 Å². The number of rotatable bonds is 3. The van der Waals surface area contributed by atoms with Crippen molar-refractivity contribution in [3.8, 4) is 10.8 Å². The van der Waals surface area contributed by atoms with Gasteiger partial charge in [-0.1, -0.05) is 27.3 Å². The normalized spacial score (nSPS) is 10.4. The lowest BCUT2D eigenvalue weighted by Gasteiger charge is -2.04. The summed E-state index contributed by atoms with van der Waals surface area (Å²) < 4.78 is 19.6. The first-order valence-corrected chi connectivity index (χ1v) is 6.48. The Labute approximate surface area is 115 Å². The zero-order valence-corrected chi connectivity index (χ0v) is 11.6. The summed E-state index contributed by atoms with van der Waals surface area (Å²) in [6.07, 6.45) is 0. The standard InChI is InChI=1S/C11H8BrFN2O2S/c1-5-11(18-10(15-5)9(14)16)17-8-3-2-6(12)4-7(8)13/h2-4H,1H3,(H2,14,16). The van der Waals surface area contributed by atoms with E-state index in [1.165, 1.54) is 12.1 Å². The van der Waals surface area contributed by atoms with Gasteiger partial charge in [-0.3, -0.25) is 4.79 Å². The molecule has 2 aromatic rings. The molecule has 0 atom stereocenters. The molecule has 0 aliphatic rings. The number of thiazole rings is 1. The fraction of sp³-hybridized carbons (Fsp3) is 0.0909. The predicted octanol–water partition coefficient (Wildman–Crippen LogP) is 3.24. The van der Waals surface area contributed by atoms with Gasteiger partial charge < -0.3 is 10.5 Å². The molecule has 1 amide bonds. The maximum Gasteiger partial charge on any atom is 0.277 e. The van der Waals surface area contributed by atoms with Crippen molar-refractivity contribution in [3.63, 3.8) is 0 Å². The maximum atomic E-state index is 13.6. The van der Waals surface area contributed by atoms with E-state index in [1.54, 1.807) is 13.0 Å². The first-order valence-electron chi connectivity index (χ1n) is 4.87. The molecule has 0 fully saturated rings. The Morgan fingerprint density at radius 2 is 2.28 bits per heavy atom. The molecule has 1 aromatic heterocycles. The van der Waals surface area contributed by atoms with Gasteiger partial charge in [0.15, 0.2) is 16.6 Å². The van der Waals surface area contributed by atoms with Gasteiger partial charge in [-0.15, -0.1) is 0 Å². The molecule has 7 heteroatoms. The minimum atomic E-state index is -0.630. The first kappa shape index (κ1) is 13.0. The minimum absolute atomic E-state index is 0.0703. The van der Waals surface area contributed by atoms with Gasteiger partial charge in [0, 0.05) is 4.47 Å². The lowest BCUT2D eigenvalue weighted by Crippen LogP contribution is -2.10. The quantitative estimate of drug-likeness (QED) is 0.939. The Morgan fingerprint density at radius 3 is 2.83 bits per heavy atom. The number of hydrogen-bond acceptors (Lipinski definition) is 4. The van der Waals surface area contributed by atoms with E-state index in [-0.39, 0.29) is 10.8 Å². The van der Waals surface area contributed by atoms with E-state index in [2.05, 4.69) is 20.9 Å². The van der Waals surface area contributed by atoms with E-state index >= 15 is 0 Å². The summed E-state index contributed by atoms with van der Waals surface area (Å²) in [7, 11) is 0. The van der Waals surface area contributed by atoms with Gasteiger partial charge in [0.2, 0.25) is 5.06 Å². The summed E-state index contributed by atoms with van der Waals surface area (Å²) in [5.41, 5.74) is 5.61. The summed E-state index contributed by atoms with van der Waals surface area (Å²) >= 11 is 4.14. The molecule has 4 nitrogen and oxygen atoms in total. The average molecular weight is 331 g/mol. The van der Waals surface area contributed by atoms with Crippen LogP contribution in [-0.2, 0) is 0 Å². The van der Waals surface area contributed by atoms with Crippen LogP contribution in [0.2, 0.25) is 0 Å². The Hall–Kier alpha value is -1.47. The SMILES string of the molecule is Cc1nc(C(N)=O)sc1Oc1ccc(Br)cc1F. The fourth-order valence-electron chi connectivity index (χ4n) is 1.24. The van der Waals surface area contributed by atoms with Crippen molar-refractivity contribution < 1.29 is 13.9 Å². The number of aromatic nitrogens is 1. The summed E-state index contributed by atoms with van der Waals surface area (Å²) in [5.74, 6) is -1.06.